The summed E-state index contributed by atoms with van der Waals surface area (Å²) >= 11 is 6.79. The summed E-state index contributed by atoms with van der Waals surface area (Å²) in [7, 11) is 0. The third-order valence-electron chi connectivity index (χ3n) is 7.74. The third kappa shape index (κ3) is 4.76. The van der Waals surface area contributed by atoms with Crippen molar-refractivity contribution in [2.45, 2.75) is 52.4 Å². The van der Waals surface area contributed by atoms with E-state index in [0.717, 1.165) is 11.3 Å². The third-order valence-corrected chi connectivity index (χ3v) is 12.7. The molecule has 3 heterocycles. The fourth-order valence-electron chi connectivity index (χ4n) is 5.91. The van der Waals surface area contributed by atoms with E-state index in [1.165, 1.54) is 58.1 Å². The summed E-state index contributed by atoms with van der Waals surface area (Å²) in [5.41, 5.74) is 6.67. The second-order valence-corrected chi connectivity index (χ2v) is 15.5. The number of carbonyl (C=O) groups is 1. The zero-order valence-corrected chi connectivity index (χ0v) is 27.6. The van der Waals surface area contributed by atoms with E-state index in [9.17, 15) is 4.79 Å². The Kier molecular flexibility index (Phi) is 8.24. The summed E-state index contributed by atoms with van der Waals surface area (Å²) in [6.45, 7) is 12.1. The van der Waals surface area contributed by atoms with Crippen LogP contribution in [0.2, 0.25) is 0 Å². The predicted molar refractivity (Wildman–Crippen MR) is 164 cm³/mol. The number of fused-ring (bicyclic) bond motifs is 4. The topological polar surface area (TPSA) is 63.1 Å². The number of hydrogen-bond donors (Lipinski definition) is 1. The van der Waals surface area contributed by atoms with Crippen LogP contribution in [0.3, 0.4) is 0 Å². The molecule has 3 aromatic carbocycles. The number of aliphatic hydroxyl groups excluding tert-OH is 1. The fraction of sp³-hybridized carbons (Fsp3) is 0.242. The molecule has 4 nitrogen and oxygen atoms in total. The summed E-state index contributed by atoms with van der Waals surface area (Å²) in [6.07, 6.45) is 6.46. The van der Waals surface area contributed by atoms with E-state index in [2.05, 4.69) is 98.3 Å². The number of aliphatic hydroxyl groups is 1. The number of rotatable bonds is 2. The largest absolute Gasteiger partial charge is 0.512 e. The molecule has 2 aliphatic heterocycles. The van der Waals surface area contributed by atoms with Gasteiger partial charge in [0.05, 0.1) is 5.76 Å². The quantitative estimate of drug-likeness (QED) is 0.118. The van der Waals surface area contributed by atoms with Crippen molar-refractivity contribution in [3.8, 4) is 11.3 Å². The molecule has 0 fully saturated rings. The fourth-order valence-corrected chi connectivity index (χ4v) is 11.5. The Balaban J connectivity index is 0.000000413. The predicted octanol–water partition coefficient (Wildman–Crippen LogP) is 6.01. The van der Waals surface area contributed by atoms with Crippen molar-refractivity contribution in [1.82, 2.24) is 9.97 Å². The Morgan fingerprint density at radius 1 is 0.925 bits per heavy atom. The second kappa shape index (κ2) is 10.9. The minimum absolute atomic E-state index is 0. The van der Waals surface area contributed by atoms with Gasteiger partial charge >= 0.3 is 0 Å². The Hall–Kier alpha value is -2.75. The van der Waals surface area contributed by atoms with Crippen molar-refractivity contribution in [3.63, 3.8) is 0 Å². The van der Waals surface area contributed by atoms with Gasteiger partial charge < -0.3 is 10.1 Å². The van der Waals surface area contributed by atoms with E-state index >= 15 is 0 Å². The molecule has 0 bridgehead atoms. The SMILES string of the molecule is CC(=O)/C=C(/C)O.CC1(C)c2[c-]c(-c3cnccn3)cc3c2P(=S)(c2ccccc21)c1ccccc1C3(C)C.[Ir]. The van der Waals surface area contributed by atoms with Crippen molar-refractivity contribution in [2.24, 2.45) is 0 Å². The maximum atomic E-state index is 10.0. The zero-order valence-electron chi connectivity index (χ0n) is 23.4. The first-order valence-electron chi connectivity index (χ1n) is 13.0. The Morgan fingerprint density at radius 3 is 2.00 bits per heavy atom. The van der Waals surface area contributed by atoms with Crippen LogP contribution >= 0.6 is 6.04 Å². The molecule has 1 atom stereocenters. The van der Waals surface area contributed by atoms with Gasteiger partial charge in [0.15, 0.2) is 5.78 Å². The second-order valence-electron chi connectivity index (χ2n) is 11.2. The van der Waals surface area contributed by atoms with Gasteiger partial charge in [0.1, 0.15) is 0 Å². The number of hydrogen-bond acceptors (Lipinski definition) is 5. The van der Waals surface area contributed by atoms with E-state index < -0.39 is 6.04 Å². The average Bonchev–Trinajstić information content (AvgIpc) is 2.91. The van der Waals surface area contributed by atoms with E-state index in [4.69, 9.17) is 16.9 Å². The molecule has 0 spiro atoms. The van der Waals surface area contributed by atoms with E-state index in [-0.39, 0.29) is 42.5 Å². The summed E-state index contributed by atoms with van der Waals surface area (Å²) in [5, 5.41) is 12.4. The summed E-state index contributed by atoms with van der Waals surface area (Å²) in [5.74, 6) is -0.0625. The zero-order chi connectivity index (χ0) is 28.2. The molecular formula is C33H32IrN2O2PS-. The molecular weight excluding hydrogens is 712 g/mol. The molecule has 40 heavy (non-hydrogen) atoms. The van der Waals surface area contributed by atoms with E-state index in [0.29, 0.717) is 0 Å². The monoisotopic (exact) mass is 744 g/mol. The Bertz CT molecular complexity index is 1610. The molecule has 4 aromatic rings. The van der Waals surface area contributed by atoms with Gasteiger partial charge in [0.25, 0.3) is 0 Å². The Morgan fingerprint density at radius 2 is 1.50 bits per heavy atom. The summed E-state index contributed by atoms with van der Waals surface area (Å²) in [4.78, 5) is 18.9. The number of aromatic nitrogens is 2. The maximum Gasteiger partial charge on any atom is 0.155 e. The van der Waals surface area contributed by atoms with E-state index in [1.54, 1.807) is 12.4 Å². The normalized spacial score (nSPS) is 19.0. The van der Waals surface area contributed by atoms with Crippen LogP contribution in [0.25, 0.3) is 11.3 Å². The van der Waals surface area contributed by atoms with Crippen molar-refractivity contribution in [2.75, 3.05) is 0 Å². The molecule has 1 N–H and O–H groups in total. The minimum Gasteiger partial charge on any atom is -0.512 e. The van der Waals surface area contributed by atoms with Crippen LogP contribution in [0.15, 0.2) is 85.0 Å². The molecule has 0 saturated heterocycles. The molecule has 7 heteroatoms. The molecule has 1 radical (unpaired) electrons. The van der Waals surface area contributed by atoms with Gasteiger partial charge in [-0.3, -0.25) is 9.78 Å². The molecule has 0 amide bonds. The van der Waals surface area contributed by atoms with Crippen LogP contribution in [0.4, 0.5) is 0 Å². The number of allylic oxidation sites excluding steroid dienone is 2. The van der Waals surface area contributed by atoms with Crippen LogP contribution in [0.1, 0.15) is 63.8 Å². The van der Waals surface area contributed by atoms with Gasteiger partial charge in [0.2, 0.25) is 0 Å². The number of carbonyl (C=O) groups excluding carboxylic acids is 1. The molecule has 207 valence electrons. The van der Waals surface area contributed by atoms with Gasteiger partial charge in [-0.1, -0.05) is 93.3 Å². The van der Waals surface area contributed by atoms with Crippen molar-refractivity contribution < 1.29 is 30.0 Å². The number of nitrogens with zero attached hydrogens (tertiary/aromatic N) is 2. The average molecular weight is 744 g/mol. The minimum atomic E-state index is -2.22. The van der Waals surface area contributed by atoms with Crippen LogP contribution < -0.4 is 15.9 Å². The van der Waals surface area contributed by atoms with Crippen LogP contribution in [-0.4, -0.2) is 20.9 Å². The molecule has 1 aromatic heterocycles. The first-order chi connectivity index (χ1) is 18.4. The summed E-state index contributed by atoms with van der Waals surface area (Å²) < 4.78 is 0. The Labute approximate surface area is 255 Å². The molecule has 2 aliphatic rings. The van der Waals surface area contributed by atoms with Gasteiger partial charge in [0, 0.05) is 56.5 Å². The first-order valence-corrected chi connectivity index (χ1v) is 15.8. The number of ketones is 1. The summed E-state index contributed by atoms with van der Waals surface area (Å²) in [6, 6.07) is 21.5. The van der Waals surface area contributed by atoms with Crippen LogP contribution in [-0.2, 0) is 47.5 Å². The van der Waals surface area contributed by atoms with E-state index in [1.807, 2.05) is 6.20 Å². The van der Waals surface area contributed by atoms with Crippen molar-refractivity contribution in [1.29, 1.82) is 0 Å². The van der Waals surface area contributed by atoms with Crippen molar-refractivity contribution in [3.05, 3.63) is 113 Å². The standard InChI is InChI=1S/C28H24N2PS.C5H8O2.Ir/c1-27(2)19-9-5-7-11-24(19)31(32)25-12-8-6-10-20(25)28(3,4)22-16-18(15-21(27)26(22)31)23-17-29-13-14-30-23;1-4(6)3-5(2)7;/h5-15,17H,1-4H3;3,6H,1-2H3;/q-1;;/b;4-3-;. The van der Waals surface area contributed by atoms with Gasteiger partial charge in [-0.15, -0.1) is 28.8 Å². The van der Waals surface area contributed by atoms with Crippen molar-refractivity contribution >= 4 is 39.5 Å². The molecule has 0 aliphatic carbocycles. The van der Waals surface area contributed by atoms with Gasteiger partial charge in [-0.25, -0.2) is 0 Å². The first kappa shape index (κ1) is 30.2. The maximum absolute atomic E-state index is 10.0. The van der Waals surface area contributed by atoms with Gasteiger partial charge in [-0.2, -0.15) is 0 Å². The molecule has 0 saturated carbocycles. The number of benzene rings is 3. The molecule has 6 rings (SSSR count). The smallest absolute Gasteiger partial charge is 0.155 e. The van der Waals surface area contributed by atoms with Gasteiger partial charge in [-0.05, 0) is 46.4 Å². The van der Waals surface area contributed by atoms with Crippen LogP contribution in [0.5, 0.6) is 0 Å². The van der Waals surface area contributed by atoms with Crippen LogP contribution in [0, 0.1) is 6.07 Å². The molecule has 1 unspecified atom stereocenters.